The van der Waals surface area contributed by atoms with Crippen LogP contribution in [0.5, 0.6) is 11.5 Å². The summed E-state index contributed by atoms with van der Waals surface area (Å²) in [5.74, 6) is 0.899. The Balaban J connectivity index is 1.75. The van der Waals surface area contributed by atoms with Crippen LogP contribution in [0, 0.1) is 19.8 Å². The van der Waals surface area contributed by atoms with Crippen molar-refractivity contribution in [1.29, 1.82) is 0 Å². The van der Waals surface area contributed by atoms with Gasteiger partial charge in [-0.05, 0) is 73.4 Å². The summed E-state index contributed by atoms with van der Waals surface area (Å²) in [6.45, 7) is 3.97. The second kappa shape index (κ2) is 10.00. The van der Waals surface area contributed by atoms with E-state index in [1.807, 2.05) is 80.6 Å². The number of hydrogen-bond donors (Lipinski definition) is 1. The number of rotatable bonds is 6. The van der Waals surface area contributed by atoms with E-state index in [0.29, 0.717) is 18.6 Å². The fourth-order valence-corrected chi connectivity index (χ4v) is 4.62. The zero-order valence-corrected chi connectivity index (χ0v) is 20.0. The predicted molar refractivity (Wildman–Crippen MR) is 133 cm³/mol. The molecule has 6 nitrogen and oxygen atoms in total. The molecule has 4 rings (SSSR count). The maximum absolute atomic E-state index is 13.7. The van der Waals surface area contributed by atoms with Gasteiger partial charge < -0.3 is 19.7 Å². The monoisotopic (exact) mass is 458 g/mol. The van der Waals surface area contributed by atoms with Crippen molar-refractivity contribution in [2.75, 3.05) is 24.4 Å². The molecule has 3 aromatic carbocycles. The van der Waals surface area contributed by atoms with Crippen LogP contribution < -0.4 is 19.7 Å². The van der Waals surface area contributed by atoms with Crippen molar-refractivity contribution in [2.24, 2.45) is 5.92 Å². The van der Waals surface area contributed by atoms with Gasteiger partial charge in [0.1, 0.15) is 11.5 Å². The Morgan fingerprint density at radius 1 is 0.882 bits per heavy atom. The van der Waals surface area contributed by atoms with E-state index in [-0.39, 0.29) is 11.8 Å². The maximum atomic E-state index is 13.7. The Bertz CT molecular complexity index is 1150. The lowest BCUT2D eigenvalue weighted by Gasteiger charge is -2.41. The van der Waals surface area contributed by atoms with Crippen LogP contribution in [0.2, 0.25) is 0 Å². The first-order chi connectivity index (χ1) is 16.4. The number of carbonyl (C=O) groups excluding carboxylic acids is 2. The molecule has 1 saturated heterocycles. The zero-order chi connectivity index (χ0) is 24.2. The number of carbonyl (C=O) groups is 2. The minimum Gasteiger partial charge on any atom is -0.497 e. The molecule has 0 saturated carbocycles. The summed E-state index contributed by atoms with van der Waals surface area (Å²) in [7, 11) is 3.22. The average Bonchev–Trinajstić information content (AvgIpc) is 2.86. The third-order valence-electron chi connectivity index (χ3n) is 6.47. The van der Waals surface area contributed by atoms with Gasteiger partial charge in [-0.2, -0.15) is 0 Å². The number of anilines is 2. The number of nitrogens with zero attached hydrogens (tertiary/aromatic N) is 1. The van der Waals surface area contributed by atoms with Crippen LogP contribution in [0.3, 0.4) is 0 Å². The molecule has 34 heavy (non-hydrogen) atoms. The van der Waals surface area contributed by atoms with E-state index in [9.17, 15) is 9.59 Å². The Kier molecular flexibility index (Phi) is 6.87. The number of methoxy groups -OCH3 is 2. The van der Waals surface area contributed by atoms with Crippen molar-refractivity contribution in [3.8, 4) is 11.5 Å². The fourth-order valence-electron chi connectivity index (χ4n) is 4.62. The summed E-state index contributed by atoms with van der Waals surface area (Å²) in [5, 5.41) is 3.15. The van der Waals surface area contributed by atoms with Crippen molar-refractivity contribution in [3.63, 3.8) is 0 Å². The lowest BCUT2D eigenvalue weighted by atomic mass is 9.83. The molecule has 0 aliphatic carbocycles. The second-order valence-corrected chi connectivity index (χ2v) is 8.58. The van der Waals surface area contributed by atoms with Crippen molar-refractivity contribution < 1.29 is 19.1 Å². The molecule has 0 radical (unpaired) electrons. The van der Waals surface area contributed by atoms with Gasteiger partial charge in [0.2, 0.25) is 11.8 Å². The smallest absolute Gasteiger partial charge is 0.229 e. The molecule has 1 aliphatic heterocycles. The van der Waals surface area contributed by atoms with E-state index < -0.39 is 12.0 Å². The molecule has 2 atom stereocenters. The minimum absolute atomic E-state index is 0.0119. The molecule has 176 valence electrons. The summed E-state index contributed by atoms with van der Waals surface area (Å²) < 4.78 is 10.6. The van der Waals surface area contributed by atoms with Crippen LogP contribution in [0.15, 0.2) is 66.7 Å². The fraction of sp³-hybridized carbons (Fsp3) is 0.286. The van der Waals surface area contributed by atoms with Crippen LogP contribution in [-0.2, 0) is 9.59 Å². The molecule has 2 amide bonds. The van der Waals surface area contributed by atoms with E-state index in [1.54, 1.807) is 19.1 Å². The highest BCUT2D eigenvalue weighted by Gasteiger charge is 2.41. The van der Waals surface area contributed by atoms with Crippen LogP contribution >= 0.6 is 0 Å². The molecule has 6 heteroatoms. The molecule has 1 N–H and O–H groups in total. The lowest BCUT2D eigenvalue weighted by Crippen LogP contribution is -2.47. The summed E-state index contributed by atoms with van der Waals surface area (Å²) in [6, 6.07) is 20.4. The standard InChI is InChI=1S/C28H30N2O4/c1-18-6-5-7-19(2)26(18)29-28(32)24-16-17-25(31)30(21-10-14-23(34-4)15-11-21)27(24)20-8-12-22(33-3)13-9-20/h5-15,24,27H,16-17H2,1-4H3,(H,29,32). The highest BCUT2D eigenvalue weighted by molar-refractivity contribution is 6.00. The minimum atomic E-state index is -0.454. The Hall–Kier alpha value is -3.80. The first-order valence-corrected chi connectivity index (χ1v) is 11.4. The number of para-hydroxylation sites is 1. The number of aryl methyl sites for hydroxylation is 2. The molecule has 2 unspecified atom stereocenters. The SMILES string of the molecule is COc1ccc(C2C(C(=O)Nc3c(C)cccc3C)CCC(=O)N2c2ccc(OC)cc2)cc1. The summed E-state index contributed by atoms with van der Waals surface area (Å²) in [6.07, 6.45) is 0.766. The van der Waals surface area contributed by atoms with Crippen molar-refractivity contribution in [1.82, 2.24) is 0 Å². The Labute approximate surface area is 200 Å². The molecule has 0 bridgehead atoms. The molecule has 1 heterocycles. The molecular formula is C28H30N2O4. The van der Waals surface area contributed by atoms with Crippen LogP contribution in [-0.4, -0.2) is 26.0 Å². The van der Waals surface area contributed by atoms with E-state index in [0.717, 1.165) is 33.8 Å². The first kappa shape index (κ1) is 23.4. The van der Waals surface area contributed by atoms with Gasteiger partial charge in [0.25, 0.3) is 0 Å². The molecule has 1 aliphatic rings. The number of piperidine rings is 1. The summed E-state index contributed by atoms with van der Waals surface area (Å²) in [5.41, 5.74) is 4.46. The molecule has 0 spiro atoms. The van der Waals surface area contributed by atoms with Gasteiger partial charge in [-0.25, -0.2) is 0 Å². The quantitative estimate of drug-likeness (QED) is 0.534. The first-order valence-electron chi connectivity index (χ1n) is 11.4. The van der Waals surface area contributed by atoms with E-state index in [4.69, 9.17) is 9.47 Å². The lowest BCUT2D eigenvalue weighted by molar-refractivity contribution is -0.125. The van der Waals surface area contributed by atoms with Gasteiger partial charge in [0.05, 0.1) is 26.2 Å². The number of amides is 2. The van der Waals surface area contributed by atoms with Crippen LogP contribution in [0.1, 0.15) is 35.6 Å². The zero-order valence-electron chi connectivity index (χ0n) is 20.0. The van der Waals surface area contributed by atoms with Gasteiger partial charge >= 0.3 is 0 Å². The van der Waals surface area contributed by atoms with Crippen molar-refractivity contribution >= 4 is 23.2 Å². The summed E-state index contributed by atoms with van der Waals surface area (Å²) >= 11 is 0. The van der Waals surface area contributed by atoms with Gasteiger partial charge in [-0.3, -0.25) is 9.59 Å². The summed E-state index contributed by atoms with van der Waals surface area (Å²) in [4.78, 5) is 28.6. The molecular weight excluding hydrogens is 428 g/mol. The number of nitrogens with one attached hydrogen (secondary N) is 1. The largest absolute Gasteiger partial charge is 0.497 e. The predicted octanol–water partition coefficient (Wildman–Crippen LogP) is 5.44. The van der Waals surface area contributed by atoms with Crippen LogP contribution in [0.25, 0.3) is 0 Å². The Morgan fingerprint density at radius 2 is 1.44 bits per heavy atom. The molecule has 1 fully saturated rings. The molecule has 3 aromatic rings. The van der Waals surface area contributed by atoms with Crippen molar-refractivity contribution in [3.05, 3.63) is 83.4 Å². The van der Waals surface area contributed by atoms with Gasteiger partial charge in [-0.15, -0.1) is 0 Å². The number of hydrogen-bond acceptors (Lipinski definition) is 4. The third-order valence-corrected chi connectivity index (χ3v) is 6.47. The van der Waals surface area contributed by atoms with Crippen LogP contribution in [0.4, 0.5) is 11.4 Å². The van der Waals surface area contributed by atoms with Gasteiger partial charge in [0, 0.05) is 17.8 Å². The highest BCUT2D eigenvalue weighted by Crippen LogP contribution is 2.41. The van der Waals surface area contributed by atoms with Crippen molar-refractivity contribution in [2.45, 2.75) is 32.7 Å². The second-order valence-electron chi connectivity index (χ2n) is 8.58. The number of ether oxygens (including phenoxy) is 2. The average molecular weight is 459 g/mol. The Morgan fingerprint density at radius 3 is 2.00 bits per heavy atom. The van der Waals surface area contributed by atoms with Gasteiger partial charge in [0.15, 0.2) is 0 Å². The number of benzene rings is 3. The van der Waals surface area contributed by atoms with E-state index in [2.05, 4.69) is 5.32 Å². The molecule has 0 aromatic heterocycles. The maximum Gasteiger partial charge on any atom is 0.229 e. The van der Waals surface area contributed by atoms with E-state index in [1.165, 1.54) is 0 Å². The third kappa shape index (κ3) is 4.62. The van der Waals surface area contributed by atoms with Gasteiger partial charge in [-0.1, -0.05) is 30.3 Å². The normalized spacial score (nSPS) is 17.9. The highest BCUT2D eigenvalue weighted by atomic mass is 16.5. The van der Waals surface area contributed by atoms with E-state index >= 15 is 0 Å². The topological polar surface area (TPSA) is 67.9 Å².